The number of hydrogen-bond donors (Lipinski definition) is 2. The smallest absolute Gasteiger partial charge is 0.310 e. The Morgan fingerprint density at radius 3 is 2.10 bits per heavy atom. The van der Waals surface area contributed by atoms with Crippen molar-refractivity contribution in [1.82, 2.24) is 10.9 Å². The highest BCUT2D eigenvalue weighted by Gasteiger charge is 2.17. The van der Waals surface area contributed by atoms with Crippen LogP contribution in [0.15, 0.2) is 46.9 Å². The second-order valence-corrected chi connectivity index (χ2v) is 8.15. The van der Waals surface area contributed by atoms with Gasteiger partial charge in [-0.3, -0.25) is 30.6 Å². The van der Waals surface area contributed by atoms with Crippen molar-refractivity contribution < 1.29 is 24.0 Å². The summed E-state index contributed by atoms with van der Waals surface area (Å²) < 4.78 is 11.3. The number of nitrogens with one attached hydrogen (secondary N) is 2. The number of nitrogens with zero attached hydrogens (tertiary/aromatic N) is 1. The van der Waals surface area contributed by atoms with Crippen LogP contribution in [0.1, 0.15) is 26.3 Å². The molecule has 0 saturated heterocycles. The van der Waals surface area contributed by atoms with Gasteiger partial charge in [0.05, 0.1) is 9.40 Å². The van der Waals surface area contributed by atoms with Crippen molar-refractivity contribution in [3.8, 4) is 11.5 Å². The van der Waals surface area contributed by atoms with E-state index in [2.05, 4.69) is 47.6 Å². The Labute approximate surface area is 182 Å². The summed E-state index contributed by atoms with van der Waals surface area (Å²) in [7, 11) is 0. The van der Waals surface area contributed by atoms with Crippen molar-refractivity contribution in [1.29, 1.82) is 0 Å². The van der Waals surface area contributed by atoms with Crippen molar-refractivity contribution in [2.75, 3.05) is 13.2 Å². The van der Waals surface area contributed by atoms with E-state index in [1.165, 1.54) is 18.2 Å². The predicted octanol–water partition coefficient (Wildman–Crippen LogP) is 3.26. The van der Waals surface area contributed by atoms with E-state index in [0.29, 0.717) is 10.2 Å². The van der Waals surface area contributed by atoms with Crippen LogP contribution in [0.25, 0.3) is 0 Å². The maximum Gasteiger partial charge on any atom is 0.310 e. The van der Waals surface area contributed by atoms with Crippen molar-refractivity contribution in [2.45, 2.75) is 26.2 Å². The Hall–Kier alpha value is -3.14. The van der Waals surface area contributed by atoms with Gasteiger partial charge in [-0.1, -0.05) is 39.0 Å². The predicted molar refractivity (Wildman–Crippen MR) is 113 cm³/mol. The summed E-state index contributed by atoms with van der Waals surface area (Å²) >= 11 is 3.42. The van der Waals surface area contributed by atoms with Gasteiger partial charge in [-0.25, -0.2) is 0 Å². The normalized spacial score (nSPS) is 10.8. The molecule has 0 atom stereocenters. The number of nitro groups is 1. The number of carbonyl (C=O) groups is 2. The standard InChI is InChI=1S/C20H22BrN3O6/c1-20(2,3)13-8-9-16(14(21)10-13)29-11-18(25)22-23-19(26)12-30-17-7-5-4-6-15(17)24(27)28/h4-10H,11-12H2,1-3H3,(H,22,25)(H,23,26). The number of para-hydroxylation sites is 2. The van der Waals surface area contributed by atoms with Gasteiger partial charge >= 0.3 is 5.69 Å². The van der Waals surface area contributed by atoms with Gasteiger partial charge in [0.25, 0.3) is 11.8 Å². The zero-order chi connectivity index (χ0) is 22.3. The lowest BCUT2D eigenvalue weighted by Gasteiger charge is -2.20. The number of rotatable bonds is 7. The van der Waals surface area contributed by atoms with Crippen LogP contribution < -0.4 is 20.3 Å². The average molecular weight is 480 g/mol. The van der Waals surface area contributed by atoms with E-state index in [9.17, 15) is 19.7 Å². The topological polar surface area (TPSA) is 120 Å². The van der Waals surface area contributed by atoms with Crippen LogP contribution in [0, 0.1) is 10.1 Å². The number of halogens is 1. The van der Waals surface area contributed by atoms with Gasteiger partial charge in [0, 0.05) is 6.07 Å². The Kier molecular flexibility index (Phi) is 7.76. The molecule has 0 aliphatic heterocycles. The molecule has 0 aliphatic rings. The molecular weight excluding hydrogens is 458 g/mol. The molecule has 2 rings (SSSR count). The number of hydrogen-bond acceptors (Lipinski definition) is 6. The Morgan fingerprint density at radius 1 is 1.00 bits per heavy atom. The van der Waals surface area contributed by atoms with E-state index in [-0.39, 0.29) is 23.5 Å². The van der Waals surface area contributed by atoms with Crippen molar-refractivity contribution in [3.63, 3.8) is 0 Å². The number of amides is 2. The molecule has 2 aromatic rings. The summed E-state index contributed by atoms with van der Waals surface area (Å²) in [6.45, 7) is 5.44. The van der Waals surface area contributed by atoms with Crippen LogP contribution in [0.4, 0.5) is 5.69 Å². The molecule has 2 aromatic carbocycles. The first kappa shape index (κ1) is 23.1. The van der Waals surface area contributed by atoms with Crippen LogP contribution in [-0.4, -0.2) is 30.0 Å². The number of carbonyl (C=O) groups excluding carboxylic acids is 2. The van der Waals surface area contributed by atoms with E-state index < -0.39 is 23.3 Å². The van der Waals surface area contributed by atoms with Gasteiger partial charge in [-0.15, -0.1) is 0 Å². The summed E-state index contributed by atoms with van der Waals surface area (Å²) in [6, 6.07) is 11.3. The molecule has 30 heavy (non-hydrogen) atoms. The fourth-order valence-electron chi connectivity index (χ4n) is 2.31. The molecule has 0 heterocycles. The number of benzene rings is 2. The third-order valence-corrected chi connectivity index (χ3v) is 4.54. The van der Waals surface area contributed by atoms with Gasteiger partial charge in [0.15, 0.2) is 19.0 Å². The lowest BCUT2D eigenvalue weighted by molar-refractivity contribution is -0.385. The fraction of sp³-hybridized carbons (Fsp3) is 0.300. The van der Waals surface area contributed by atoms with Crippen molar-refractivity contribution in [2.24, 2.45) is 0 Å². The number of nitro benzene ring substituents is 1. The summed E-state index contributed by atoms with van der Waals surface area (Å²) in [5.74, 6) is -0.821. The highest BCUT2D eigenvalue weighted by atomic mass is 79.9. The molecule has 0 fully saturated rings. The molecular formula is C20H22BrN3O6. The van der Waals surface area contributed by atoms with Gasteiger partial charge in [-0.2, -0.15) is 0 Å². The second kappa shape index (κ2) is 10.1. The van der Waals surface area contributed by atoms with Gasteiger partial charge in [0.1, 0.15) is 5.75 Å². The summed E-state index contributed by atoms with van der Waals surface area (Å²) in [6.07, 6.45) is 0. The minimum absolute atomic E-state index is 0.0229. The zero-order valence-electron chi connectivity index (χ0n) is 16.7. The molecule has 2 N–H and O–H groups in total. The fourth-order valence-corrected chi connectivity index (χ4v) is 2.81. The maximum atomic E-state index is 11.9. The van der Waals surface area contributed by atoms with Crippen LogP contribution in [0.2, 0.25) is 0 Å². The maximum absolute atomic E-state index is 11.9. The first-order valence-corrected chi connectivity index (χ1v) is 9.74. The quantitative estimate of drug-likeness (QED) is 0.464. The van der Waals surface area contributed by atoms with Crippen LogP contribution in [0.3, 0.4) is 0 Å². The number of ether oxygens (including phenoxy) is 2. The van der Waals surface area contributed by atoms with E-state index in [4.69, 9.17) is 9.47 Å². The van der Waals surface area contributed by atoms with E-state index in [0.717, 1.165) is 5.56 Å². The molecule has 0 bridgehead atoms. The SMILES string of the molecule is CC(C)(C)c1ccc(OCC(=O)NNC(=O)COc2ccccc2[N+](=O)[O-])c(Br)c1. The average Bonchev–Trinajstić information content (AvgIpc) is 2.69. The zero-order valence-corrected chi connectivity index (χ0v) is 18.3. The van der Waals surface area contributed by atoms with Gasteiger partial charge in [-0.05, 0) is 45.1 Å². The lowest BCUT2D eigenvalue weighted by atomic mass is 9.87. The Bertz CT molecular complexity index is 942. The highest BCUT2D eigenvalue weighted by molar-refractivity contribution is 9.10. The first-order chi connectivity index (χ1) is 14.1. The molecule has 0 aliphatic carbocycles. The molecule has 0 spiro atoms. The first-order valence-electron chi connectivity index (χ1n) is 8.94. The highest BCUT2D eigenvalue weighted by Crippen LogP contribution is 2.31. The third kappa shape index (κ3) is 6.73. The molecule has 0 aromatic heterocycles. The minimum Gasteiger partial charge on any atom is -0.483 e. The van der Waals surface area contributed by atoms with Crippen LogP contribution in [-0.2, 0) is 15.0 Å². The van der Waals surface area contributed by atoms with E-state index in [1.54, 1.807) is 12.1 Å². The van der Waals surface area contributed by atoms with Crippen molar-refractivity contribution >= 4 is 33.4 Å². The Balaban J connectivity index is 1.78. The van der Waals surface area contributed by atoms with Gasteiger partial charge < -0.3 is 9.47 Å². The molecule has 2 amide bonds. The molecule has 0 saturated carbocycles. The van der Waals surface area contributed by atoms with E-state index >= 15 is 0 Å². The summed E-state index contributed by atoms with van der Waals surface area (Å²) in [5, 5.41) is 10.9. The minimum atomic E-state index is -0.683. The molecule has 10 heteroatoms. The summed E-state index contributed by atoms with van der Waals surface area (Å²) in [4.78, 5) is 34.0. The Morgan fingerprint density at radius 2 is 1.57 bits per heavy atom. The largest absolute Gasteiger partial charge is 0.483 e. The second-order valence-electron chi connectivity index (χ2n) is 7.29. The molecule has 160 valence electrons. The monoisotopic (exact) mass is 479 g/mol. The summed E-state index contributed by atoms with van der Waals surface area (Å²) in [5.41, 5.74) is 5.17. The third-order valence-electron chi connectivity index (χ3n) is 3.92. The molecule has 0 unspecified atom stereocenters. The van der Waals surface area contributed by atoms with Crippen LogP contribution in [0.5, 0.6) is 11.5 Å². The molecule has 9 nitrogen and oxygen atoms in total. The number of hydrazine groups is 1. The lowest BCUT2D eigenvalue weighted by Crippen LogP contribution is -2.45. The van der Waals surface area contributed by atoms with Crippen LogP contribution >= 0.6 is 15.9 Å². The van der Waals surface area contributed by atoms with Crippen molar-refractivity contribution in [3.05, 3.63) is 62.6 Å². The van der Waals surface area contributed by atoms with E-state index in [1.807, 2.05) is 12.1 Å². The molecule has 0 radical (unpaired) electrons. The van der Waals surface area contributed by atoms with Gasteiger partial charge in [0.2, 0.25) is 0 Å².